The van der Waals surface area contributed by atoms with E-state index in [1.165, 1.54) is 0 Å². The first-order chi connectivity index (χ1) is 10.0. The van der Waals surface area contributed by atoms with Crippen LogP contribution in [0, 0.1) is 11.8 Å². The number of nitrogen functional groups attached to an aromatic ring is 1. The van der Waals surface area contributed by atoms with Crippen LogP contribution in [0.1, 0.15) is 50.9 Å². The summed E-state index contributed by atoms with van der Waals surface area (Å²) in [5.74, 6) is 0.467. The zero-order valence-corrected chi connectivity index (χ0v) is 14.3. The van der Waals surface area contributed by atoms with Gasteiger partial charge in [0.05, 0.1) is 16.1 Å². The molecule has 1 aromatic rings. The maximum Gasteiger partial charge on any atom is 0.237 e. The Morgan fingerprint density at radius 2 is 1.91 bits per heavy atom. The average molecular weight is 324 g/mol. The molecule has 3 N–H and O–H groups in total. The van der Waals surface area contributed by atoms with Gasteiger partial charge in [0.15, 0.2) is 5.78 Å². The van der Waals surface area contributed by atoms with Crippen molar-refractivity contribution in [2.75, 3.05) is 10.5 Å². The van der Waals surface area contributed by atoms with Crippen LogP contribution in [0.5, 0.6) is 0 Å². The van der Waals surface area contributed by atoms with Gasteiger partial charge in [0.1, 0.15) is 0 Å². The van der Waals surface area contributed by atoms with Crippen molar-refractivity contribution in [2.45, 2.75) is 45.3 Å². The molecule has 2 rings (SSSR count). The van der Waals surface area contributed by atoms with Crippen LogP contribution in [-0.4, -0.2) is 18.9 Å². The number of carbonyl (C=O) groups is 1. The molecule has 0 amide bonds. The number of Topliss-reactive ketones (excluding diaryl/α,β-unsaturated/α-hetero) is 1. The Morgan fingerprint density at radius 3 is 2.41 bits per heavy atom. The highest BCUT2D eigenvalue weighted by atomic mass is 32.2. The van der Waals surface area contributed by atoms with Crippen molar-refractivity contribution in [1.82, 2.24) is 0 Å². The number of rotatable bonds is 5. The highest BCUT2D eigenvalue weighted by molar-refractivity contribution is 7.94. The van der Waals surface area contributed by atoms with Crippen molar-refractivity contribution in [2.24, 2.45) is 11.8 Å². The van der Waals surface area contributed by atoms with Crippen LogP contribution >= 0.6 is 0 Å². The lowest BCUT2D eigenvalue weighted by Gasteiger charge is -2.21. The highest BCUT2D eigenvalue weighted by Gasteiger charge is 2.33. The summed E-state index contributed by atoms with van der Waals surface area (Å²) >= 11 is 0. The smallest absolute Gasteiger partial charge is 0.237 e. The number of nitrogens with two attached hydrogens (primary N) is 1. The SMILES string of the molecule is CC(C(=O)c1ccc(N)c(NS(=O)(=O)C(C)(C)C)c1)C1CC1. The fourth-order valence-corrected chi connectivity index (χ4v) is 2.94. The molecule has 1 aromatic carbocycles. The number of carbonyl (C=O) groups excluding carboxylic acids is 1. The number of benzene rings is 1. The molecule has 5 nitrogen and oxygen atoms in total. The van der Waals surface area contributed by atoms with Gasteiger partial charge in [-0.1, -0.05) is 6.92 Å². The molecule has 0 bridgehead atoms. The van der Waals surface area contributed by atoms with E-state index in [9.17, 15) is 13.2 Å². The van der Waals surface area contributed by atoms with Crippen LogP contribution in [-0.2, 0) is 10.0 Å². The molecule has 22 heavy (non-hydrogen) atoms. The van der Waals surface area contributed by atoms with E-state index in [2.05, 4.69) is 4.72 Å². The molecule has 0 aliphatic heterocycles. The third kappa shape index (κ3) is 3.43. The predicted molar refractivity (Wildman–Crippen MR) is 89.4 cm³/mol. The Bertz CT molecular complexity index is 686. The lowest BCUT2D eigenvalue weighted by Crippen LogP contribution is -2.34. The number of ketones is 1. The maximum absolute atomic E-state index is 12.4. The summed E-state index contributed by atoms with van der Waals surface area (Å²) in [4.78, 5) is 12.4. The molecule has 122 valence electrons. The second-order valence-electron chi connectivity index (χ2n) is 7.01. The first-order valence-corrected chi connectivity index (χ1v) is 8.97. The molecule has 0 heterocycles. The summed E-state index contributed by atoms with van der Waals surface area (Å²) in [6.45, 7) is 6.75. The number of nitrogens with one attached hydrogen (secondary N) is 1. The van der Waals surface area contributed by atoms with Crippen LogP contribution < -0.4 is 10.5 Å². The third-order valence-electron chi connectivity index (χ3n) is 4.13. The minimum absolute atomic E-state index is 0.0318. The standard InChI is InChI=1S/C16H24N2O3S/c1-10(11-5-6-11)15(19)12-7-8-13(17)14(9-12)18-22(20,21)16(2,3)4/h7-11,18H,5-6,17H2,1-4H3. The Kier molecular flexibility index (Phi) is 4.26. The summed E-state index contributed by atoms with van der Waals surface area (Å²) < 4.78 is 26.1. The van der Waals surface area contributed by atoms with Gasteiger partial charge in [-0.15, -0.1) is 0 Å². The van der Waals surface area contributed by atoms with Crippen molar-refractivity contribution in [1.29, 1.82) is 0 Å². The Morgan fingerprint density at radius 1 is 1.32 bits per heavy atom. The molecule has 6 heteroatoms. The average Bonchev–Trinajstić information content (AvgIpc) is 3.22. The van der Waals surface area contributed by atoms with Crippen LogP contribution in [0.3, 0.4) is 0 Å². The van der Waals surface area contributed by atoms with Gasteiger partial charge < -0.3 is 5.73 Å². The van der Waals surface area contributed by atoms with Gasteiger partial charge in [-0.3, -0.25) is 9.52 Å². The first-order valence-electron chi connectivity index (χ1n) is 7.49. The molecule has 1 fully saturated rings. The van der Waals surface area contributed by atoms with Gasteiger partial charge in [-0.05, 0) is 57.7 Å². The molecular weight excluding hydrogens is 300 g/mol. The molecule has 1 aliphatic carbocycles. The van der Waals surface area contributed by atoms with Crippen LogP contribution in [0.2, 0.25) is 0 Å². The fourth-order valence-electron chi connectivity index (χ4n) is 2.17. The second-order valence-corrected chi connectivity index (χ2v) is 9.45. The zero-order valence-electron chi connectivity index (χ0n) is 13.5. The van der Waals surface area contributed by atoms with Crippen molar-refractivity contribution >= 4 is 27.2 Å². The number of hydrogen-bond donors (Lipinski definition) is 2. The van der Waals surface area contributed by atoms with E-state index in [1.54, 1.807) is 39.0 Å². The summed E-state index contributed by atoms with van der Waals surface area (Å²) in [7, 11) is -3.58. The van der Waals surface area contributed by atoms with E-state index in [0.717, 1.165) is 12.8 Å². The van der Waals surface area contributed by atoms with E-state index < -0.39 is 14.8 Å². The molecule has 0 spiro atoms. The van der Waals surface area contributed by atoms with E-state index in [0.29, 0.717) is 17.2 Å². The van der Waals surface area contributed by atoms with Crippen LogP contribution in [0.4, 0.5) is 11.4 Å². The minimum atomic E-state index is -3.58. The minimum Gasteiger partial charge on any atom is -0.397 e. The summed E-state index contributed by atoms with van der Waals surface area (Å²) in [6, 6.07) is 4.78. The summed E-state index contributed by atoms with van der Waals surface area (Å²) in [5.41, 5.74) is 6.93. The van der Waals surface area contributed by atoms with E-state index >= 15 is 0 Å². The largest absolute Gasteiger partial charge is 0.397 e. The van der Waals surface area contributed by atoms with Gasteiger partial charge in [-0.2, -0.15) is 0 Å². The zero-order chi connectivity index (χ0) is 16.7. The van der Waals surface area contributed by atoms with Crippen molar-refractivity contribution in [3.63, 3.8) is 0 Å². The highest BCUT2D eigenvalue weighted by Crippen LogP contribution is 2.38. The summed E-state index contributed by atoms with van der Waals surface area (Å²) in [5, 5.41) is 0. The molecule has 1 saturated carbocycles. The molecule has 1 aliphatic rings. The van der Waals surface area contributed by atoms with Crippen LogP contribution in [0.25, 0.3) is 0 Å². The van der Waals surface area contributed by atoms with Crippen molar-refractivity contribution < 1.29 is 13.2 Å². The number of anilines is 2. The predicted octanol–water partition coefficient (Wildman–Crippen LogP) is 3.04. The van der Waals surface area contributed by atoms with Crippen molar-refractivity contribution in [3.8, 4) is 0 Å². The lowest BCUT2D eigenvalue weighted by molar-refractivity contribution is 0.0916. The normalized spacial score (nSPS) is 17.1. The van der Waals surface area contributed by atoms with E-state index in [1.807, 2.05) is 6.92 Å². The van der Waals surface area contributed by atoms with E-state index in [-0.39, 0.29) is 17.4 Å². The molecule has 0 aromatic heterocycles. The van der Waals surface area contributed by atoms with Gasteiger partial charge >= 0.3 is 0 Å². The molecule has 1 unspecified atom stereocenters. The van der Waals surface area contributed by atoms with Gasteiger partial charge in [0.25, 0.3) is 0 Å². The first kappa shape index (κ1) is 16.8. The Hall–Kier alpha value is -1.56. The quantitative estimate of drug-likeness (QED) is 0.643. The van der Waals surface area contributed by atoms with Gasteiger partial charge in [0, 0.05) is 11.5 Å². The monoisotopic (exact) mass is 324 g/mol. The number of hydrogen-bond acceptors (Lipinski definition) is 4. The topological polar surface area (TPSA) is 89.3 Å². The van der Waals surface area contributed by atoms with Gasteiger partial charge in [-0.25, -0.2) is 8.42 Å². The Balaban J connectivity index is 2.29. The maximum atomic E-state index is 12.4. The second kappa shape index (κ2) is 5.57. The van der Waals surface area contributed by atoms with Gasteiger partial charge in [0.2, 0.25) is 10.0 Å². The lowest BCUT2D eigenvalue weighted by atomic mass is 9.95. The Labute approximate surface area is 132 Å². The van der Waals surface area contributed by atoms with Crippen molar-refractivity contribution in [3.05, 3.63) is 23.8 Å². The van der Waals surface area contributed by atoms with Crippen LogP contribution in [0.15, 0.2) is 18.2 Å². The molecule has 0 radical (unpaired) electrons. The molecule has 0 saturated heterocycles. The number of sulfonamides is 1. The fraction of sp³-hybridized carbons (Fsp3) is 0.562. The molecular formula is C16H24N2O3S. The molecule has 1 atom stereocenters. The summed E-state index contributed by atoms with van der Waals surface area (Å²) in [6.07, 6.45) is 2.18. The van der Waals surface area contributed by atoms with E-state index in [4.69, 9.17) is 5.73 Å². The third-order valence-corrected chi connectivity index (χ3v) is 6.23.